The maximum atomic E-state index is 13.9. The standard InChI is InChI=1S/C30H28ClNO5/c1-4-36-27-12-9-21(20-7-5-8-22(15-20)29(34)35)16-23(27)18-30(13-6-14-32-30)28(33)25-11-10-24(17-26(25)31)37-19(2)3/h5-17,19H,4,18H2,1-3H3,(H,34,35). The van der Waals surface area contributed by atoms with Gasteiger partial charge in [0, 0.05) is 18.2 Å². The number of halogens is 1. The van der Waals surface area contributed by atoms with Crippen molar-refractivity contribution in [1.82, 2.24) is 0 Å². The first kappa shape index (κ1) is 26.2. The number of allylic oxidation sites excluding steroid dienone is 1. The number of nitrogens with zero attached hydrogens (tertiary/aromatic N) is 1. The summed E-state index contributed by atoms with van der Waals surface area (Å²) in [6.45, 7) is 6.18. The minimum absolute atomic E-state index is 0.0215. The van der Waals surface area contributed by atoms with Crippen LogP contribution in [0.1, 0.15) is 47.1 Å². The second-order valence-corrected chi connectivity index (χ2v) is 9.42. The topological polar surface area (TPSA) is 85.2 Å². The zero-order valence-corrected chi connectivity index (χ0v) is 21.7. The summed E-state index contributed by atoms with van der Waals surface area (Å²) in [7, 11) is 0. The number of benzene rings is 3. The van der Waals surface area contributed by atoms with E-state index in [0.29, 0.717) is 28.7 Å². The monoisotopic (exact) mass is 517 g/mol. The fraction of sp³-hybridized carbons (Fsp3) is 0.233. The predicted molar refractivity (Wildman–Crippen MR) is 146 cm³/mol. The van der Waals surface area contributed by atoms with Crippen LogP contribution in [-0.4, -0.2) is 41.3 Å². The normalized spacial score (nSPS) is 16.2. The molecule has 0 saturated heterocycles. The first-order chi connectivity index (χ1) is 17.7. The van der Waals surface area contributed by atoms with Gasteiger partial charge in [0.25, 0.3) is 0 Å². The van der Waals surface area contributed by atoms with E-state index in [4.69, 9.17) is 21.1 Å². The second-order valence-electron chi connectivity index (χ2n) is 9.02. The van der Waals surface area contributed by atoms with E-state index in [1.54, 1.807) is 54.8 Å². The van der Waals surface area contributed by atoms with Crippen molar-refractivity contribution < 1.29 is 24.2 Å². The van der Waals surface area contributed by atoms with Crippen molar-refractivity contribution in [3.63, 3.8) is 0 Å². The van der Waals surface area contributed by atoms with Crippen LogP contribution in [0.15, 0.2) is 77.8 Å². The van der Waals surface area contributed by atoms with Crippen molar-refractivity contribution in [2.75, 3.05) is 6.61 Å². The Bertz CT molecular complexity index is 1380. The summed E-state index contributed by atoms with van der Waals surface area (Å²) in [4.78, 5) is 29.9. The number of carbonyl (C=O) groups is 2. The maximum absolute atomic E-state index is 13.9. The number of ether oxygens (including phenoxy) is 2. The Hall–Kier alpha value is -3.90. The molecule has 1 N–H and O–H groups in total. The van der Waals surface area contributed by atoms with Crippen LogP contribution < -0.4 is 9.47 Å². The van der Waals surface area contributed by atoms with E-state index in [1.165, 1.54) is 0 Å². The summed E-state index contributed by atoms with van der Waals surface area (Å²) in [5.74, 6) is -0.00918. The van der Waals surface area contributed by atoms with Crippen LogP contribution in [-0.2, 0) is 6.42 Å². The van der Waals surface area contributed by atoms with Gasteiger partial charge in [-0.05, 0) is 92.1 Å². The fourth-order valence-electron chi connectivity index (χ4n) is 4.31. The molecule has 0 aliphatic carbocycles. The number of carboxylic acids is 1. The first-order valence-electron chi connectivity index (χ1n) is 12.1. The van der Waals surface area contributed by atoms with Gasteiger partial charge in [-0.2, -0.15) is 0 Å². The molecule has 0 fully saturated rings. The lowest BCUT2D eigenvalue weighted by Crippen LogP contribution is -2.36. The van der Waals surface area contributed by atoms with E-state index in [9.17, 15) is 14.7 Å². The highest BCUT2D eigenvalue weighted by Gasteiger charge is 2.39. The summed E-state index contributed by atoms with van der Waals surface area (Å²) in [5.41, 5.74) is 1.68. The van der Waals surface area contributed by atoms with Gasteiger partial charge in [0.15, 0.2) is 5.78 Å². The van der Waals surface area contributed by atoms with Gasteiger partial charge in [-0.1, -0.05) is 29.8 Å². The van der Waals surface area contributed by atoms with Gasteiger partial charge in [0.05, 0.1) is 23.3 Å². The van der Waals surface area contributed by atoms with Crippen molar-refractivity contribution in [3.05, 3.63) is 94.5 Å². The smallest absolute Gasteiger partial charge is 0.335 e. The molecule has 0 bridgehead atoms. The van der Waals surface area contributed by atoms with E-state index in [2.05, 4.69) is 4.99 Å². The van der Waals surface area contributed by atoms with Gasteiger partial charge < -0.3 is 14.6 Å². The summed E-state index contributed by atoms with van der Waals surface area (Å²) in [5, 5.41) is 9.69. The van der Waals surface area contributed by atoms with Crippen LogP contribution in [0, 0.1) is 0 Å². The molecule has 190 valence electrons. The maximum Gasteiger partial charge on any atom is 0.335 e. The van der Waals surface area contributed by atoms with E-state index in [0.717, 1.165) is 16.7 Å². The van der Waals surface area contributed by atoms with Crippen molar-refractivity contribution in [2.24, 2.45) is 4.99 Å². The van der Waals surface area contributed by atoms with Gasteiger partial charge in [-0.25, -0.2) is 4.79 Å². The highest BCUT2D eigenvalue weighted by Crippen LogP contribution is 2.36. The Labute approximate surface area is 221 Å². The summed E-state index contributed by atoms with van der Waals surface area (Å²) in [6, 6.07) is 17.4. The average molecular weight is 518 g/mol. The van der Waals surface area contributed by atoms with Crippen LogP contribution >= 0.6 is 11.6 Å². The number of aliphatic imine (C=N–C) groups is 1. The lowest BCUT2D eigenvalue weighted by atomic mass is 9.83. The lowest BCUT2D eigenvalue weighted by Gasteiger charge is -2.25. The molecule has 3 aromatic rings. The zero-order valence-electron chi connectivity index (χ0n) is 20.9. The SMILES string of the molecule is CCOc1ccc(-c2cccc(C(=O)O)c2)cc1CC1(C(=O)c2ccc(OC(C)C)cc2Cl)C=CC=N1. The number of ketones is 1. The van der Waals surface area contributed by atoms with Crippen LogP contribution in [0.2, 0.25) is 5.02 Å². The van der Waals surface area contributed by atoms with Gasteiger partial charge in [0.2, 0.25) is 0 Å². The lowest BCUT2D eigenvalue weighted by molar-refractivity contribution is 0.0696. The molecule has 7 heteroatoms. The molecule has 0 radical (unpaired) electrons. The van der Waals surface area contributed by atoms with E-state index < -0.39 is 11.5 Å². The molecule has 1 aliphatic rings. The first-order valence-corrected chi connectivity index (χ1v) is 12.4. The molecular formula is C30H28ClNO5. The molecule has 1 atom stereocenters. The number of carboxylic acid groups (broad SMARTS) is 1. The van der Waals surface area contributed by atoms with Crippen LogP contribution in [0.3, 0.4) is 0 Å². The van der Waals surface area contributed by atoms with Crippen molar-refractivity contribution in [1.29, 1.82) is 0 Å². The summed E-state index contributed by atoms with van der Waals surface area (Å²) >= 11 is 6.53. The van der Waals surface area contributed by atoms with Crippen LogP contribution in [0.25, 0.3) is 11.1 Å². The molecule has 4 rings (SSSR count). The van der Waals surface area contributed by atoms with Crippen molar-refractivity contribution >= 4 is 29.6 Å². The van der Waals surface area contributed by atoms with E-state index >= 15 is 0 Å². The van der Waals surface area contributed by atoms with Crippen molar-refractivity contribution in [2.45, 2.75) is 38.8 Å². The number of carbonyl (C=O) groups excluding carboxylic acids is 1. The Morgan fingerprint density at radius 3 is 2.49 bits per heavy atom. The minimum Gasteiger partial charge on any atom is -0.494 e. The Kier molecular flexibility index (Phi) is 7.79. The van der Waals surface area contributed by atoms with Crippen LogP contribution in [0.5, 0.6) is 11.5 Å². The van der Waals surface area contributed by atoms with Gasteiger partial charge in [0.1, 0.15) is 17.0 Å². The second kappa shape index (κ2) is 11.0. The zero-order chi connectivity index (χ0) is 26.6. The average Bonchev–Trinajstić information content (AvgIpc) is 3.34. The van der Waals surface area contributed by atoms with Crippen molar-refractivity contribution in [3.8, 4) is 22.6 Å². The number of Topliss-reactive ketones (excluding diaryl/α,β-unsaturated/α-hetero) is 1. The number of aromatic carboxylic acids is 1. The van der Waals surface area contributed by atoms with E-state index in [-0.39, 0.29) is 23.9 Å². The molecule has 0 spiro atoms. The van der Waals surface area contributed by atoms with Gasteiger partial charge in [-0.15, -0.1) is 0 Å². The molecule has 3 aromatic carbocycles. The molecule has 0 saturated carbocycles. The fourth-order valence-corrected chi connectivity index (χ4v) is 4.57. The Morgan fingerprint density at radius 2 is 1.84 bits per heavy atom. The third kappa shape index (κ3) is 5.75. The molecule has 0 aromatic heterocycles. The van der Waals surface area contributed by atoms with E-state index in [1.807, 2.05) is 45.0 Å². The Morgan fingerprint density at radius 1 is 1.05 bits per heavy atom. The summed E-state index contributed by atoms with van der Waals surface area (Å²) in [6.07, 6.45) is 5.36. The molecule has 1 aliphatic heterocycles. The number of hydrogen-bond acceptors (Lipinski definition) is 5. The highest BCUT2D eigenvalue weighted by molar-refractivity contribution is 6.34. The highest BCUT2D eigenvalue weighted by atomic mass is 35.5. The molecule has 1 unspecified atom stereocenters. The number of rotatable bonds is 10. The molecule has 37 heavy (non-hydrogen) atoms. The molecular weight excluding hydrogens is 490 g/mol. The van der Waals surface area contributed by atoms with Gasteiger partial charge >= 0.3 is 5.97 Å². The number of hydrogen-bond donors (Lipinski definition) is 1. The molecule has 0 amide bonds. The largest absolute Gasteiger partial charge is 0.494 e. The third-order valence-electron chi connectivity index (χ3n) is 5.98. The summed E-state index contributed by atoms with van der Waals surface area (Å²) < 4.78 is 11.6. The quantitative estimate of drug-likeness (QED) is 0.302. The third-order valence-corrected chi connectivity index (χ3v) is 6.29. The van der Waals surface area contributed by atoms with Crippen LogP contribution in [0.4, 0.5) is 0 Å². The Balaban J connectivity index is 1.73. The predicted octanol–water partition coefficient (Wildman–Crippen LogP) is 6.70. The minimum atomic E-state index is -1.20. The molecule has 1 heterocycles. The van der Waals surface area contributed by atoms with Gasteiger partial charge in [-0.3, -0.25) is 9.79 Å². The molecule has 6 nitrogen and oxygen atoms in total.